The Kier molecular flexibility index (Phi) is 4.91. The number of fused-ring (bicyclic) bond motifs is 5. The summed E-state index contributed by atoms with van der Waals surface area (Å²) in [6.45, 7) is 3.73. The topological polar surface area (TPSA) is 55.7 Å². The van der Waals surface area contributed by atoms with Crippen LogP contribution in [-0.2, 0) is 9.53 Å². The predicted molar refractivity (Wildman–Crippen MR) is 105 cm³/mol. The maximum absolute atomic E-state index is 11.8. The third-order valence-corrected chi connectivity index (χ3v) is 8.20. The number of nitroso groups, excluding NO2 is 1. The lowest BCUT2D eigenvalue weighted by Crippen LogP contribution is -2.51. The van der Waals surface area contributed by atoms with Gasteiger partial charge in [0.15, 0.2) is 5.60 Å². The highest BCUT2D eigenvalue weighted by molar-refractivity contribution is 5.67. The smallest absolute Gasteiger partial charge is 0.304 e. The highest BCUT2D eigenvalue weighted by Gasteiger charge is 2.60. The summed E-state index contributed by atoms with van der Waals surface area (Å²) in [4.78, 5) is 22.8. The molecule has 0 aromatic heterocycles. The van der Waals surface area contributed by atoms with Gasteiger partial charge < -0.3 is 4.74 Å². The van der Waals surface area contributed by atoms with Crippen molar-refractivity contribution in [1.29, 1.82) is 0 Å². The van der Waals surface area contributed by atoms with E-state index < -0.39 is 5.60 Å². The first-order valence-electron chi connectivity index (χ1n) is 10.7. The lowest BCUT2D eigenvalue weighted by atomic mass is 9.52. The van der Waals surface area contributed by atoms with Gasteiger partial charge in [0, 0.05) is 12.8 Å². The van der Waals surface area contributed by atoms with Crippen molar-refractivity contribution >= 4 is 5.97 Å². The highest BCUT2D eigenvalue weighted by Crippen LogP contribution is 2.62. The molecule has 0 saturated heterocycles. The van der Waals surface area contributed by atoms with Crippen LogP contribution >= 0.6 is 0 Å². The molecule has 4 aliphatic rings. The van der Waals surface area contributed by atoms with E-state index in [1.807, 2.05) is 0 Å². The van der Waals surface area contributed by atoms with E-state index in [0.717, 1.165) is 38.5 Å². The molecular formula is C23H31NO3. The molecule has 0 bridgehead atoms. The summed E-state index contributed by atoms with van der Waals surface area (Å²) < 4.78 is 5.83. The zero-order valence-electron chi connectivity index (χ0n) is 16.5. The van der Waals surface area contributed by atoms with Crippen molar-refractivity contribution in [1.82, 2.24) is 0 Å². The molecular weight excluding hydrogens is 338 g/mol. The van der Waals surface area contributed by atoms with E-state index in [4.69, 9.17) is 11.2 Å². The minimum Gasteiger partial charge on any atom is -0.446 e. The van der Waals surface area contributed by atoms with Gasteiger partial charge in [0.05, 0.1) is 0 Å². The van der Waals surface area contributed by atoms with Crippen LogP contribution in [0.2, 0.25) is 0 Å². The van der Waals surface area contributed by atoms with Crippen molar-refractivity contribution in [2.45, 2.75) is 76.9 Å². The van der Waals surface area contributed by atoms with Gasteiger partial charge in [-0.2, -0.15) is 4.91 Å². The van der Waals surface area contributed by atoms with Gasteiger partial charge in [0.1, 0.15) is 6.04 Å². The van der Waals surface area contributed by atoms with Crippen LogP contribution in [0.25, 0.3) is 0 Å². The van der Waals surface area contributed by atoms with Crippen molar-refractivity contribution in [2.24, 2.45) is 40.7 Å². The SMILES string of the molecule is C#C[C@]1(OC(C)=O)CC[C@@H]2C1[C@H](CC)C[C@H]1[C@H]2CCC2=CC(N=O)CC[C@@H]21. The minimum atomic E-state index is -0.697. The van der Waals surface area contributed by atoms with Gasteiger partial charge in [-0.05, 0) is 74.5 Å². The van der Waals surface area contributed by atoms with Crippen molar-refractivity contribution < 1.29 is 9.53 Å². The number of allylic oxidation sites excluding steroid dienone is 1. The van der Waals surface area contributed by atoms with Crippen LogP contribution in [0.3, 0.4) is 0 Å². The summed E-state index contributed by atoms with van der Waals surface area (Å²) in [5.41, 5.74) is 0.791. The second-order valence-electron chi connectivity index (χ2n) is 9.22. The van der Waals surface area contributed by atoms with Gasteiger partial charge in [0.25, 0.3) is 0 Å². The van der Waals surface area contributed by atoms with Crippen LogP contribution in [0, 0.1) is 52.8 Å². The lowest BCUT2D eigenvalue weighted by molar-refractivity contribution is -0.160. The first kappa shape index (κ1) is 18.7. The summed E-state index contributed by atoms with van der Waals surface area (Å²) in [6.07, 6.45) is 16.5. The largest absolute Gasteiger partial charge is 0.446 e. The van der Waals surface area contributed by atoms with Crippen molar-refractivity contribution in [3.8, 4) is 12.3 Å². The zero-order chi connectivity index (χ0) is 19.2. The average Bonchev–Trinajstić information content (AvgIpc) is 3.06. The van der Waals surface area contributed by atoms with E-state index in [2.05, 4.69) is 24.1 Å². The quantitative estimate of drug-likeness (QED) is 0.308. The molecule has 4 aliphatic carbocycles. The first-order valence-corrected chi connectivity index (χ1v) is 10.7. The van der Waals surface area contributed by atoms with Crippen LogP contribution in [0.15, 0.2) is 16.8 Å². The molecule has 146 valence electrons. The molecule has 0 aromatic rings. The summed E-state index contributed by atoms with van der Waals surface area (Å²) in [5.74, 6) is 6.04. The van der Waals surface area contributed by atoms with Crippen molar-refractivity contribution in [3.63, 3.8) is 0 Å². The van der Waals surface area contributed by atoms with Gasteiger partial charge in [-0.25, -0.2) is 0 Å². The van der Waals surface area contributed by atoms with Gasteiger partial charge in [-0.3, -0.25) is 4.79 Å². The Hall–Kier alpha value is -1.63. The van der Waals surface area contributed by atoms with Crippen LogP contribution in [0.4, 0.5) is 0 Å². The fourth-order valence-electron chi connectivity index (χ4n) is 7.32. The highest BCUT2D eigenvalue weighted by atomic mass is 16.6. The summed E-state index contributed by atoms with van der Waals surface area (Å²) >= 11 is 0. The molecule has 0 aliphatic heterocycles. The molecule has 0 heterocycles. The molecule has 0 spiro atoms. The number of hydrogen-bond donors (Lipinski definition) is 0. The number of nitrogens with zero attached hydrogens (tertiary/aromatic N) is 1. The lowest BCUT2D eigenvalue weighted by Gasteiger charge is -2.53. The van der Waals surface area contributed by atoms with E-state index in [-0.39, 0.29) is 12.0 Å². The number of esters is 1. The molecule has 0 N–H and O–H groups in total. The average molecular weight is 370 g/mol. The van der Waals surface area contributed by atoms with E-state index in [1.165, 1.54) is 25.3 Å². The number of ether oxygens (including phenoxy) is 1. The maximum atomic E-state index is 11.8. The van der Waals surface area contributed by atoms with E-state index in [1.54, 1.807) is 0 Å². The Morgan fingerprint density at radius 1 is 1.30 bits per heavy atom. The summed E-state index contributed by atoms with van der Waals surface area (Å²) in [6, 6.07) is -0.115. The number of rotatable bonds is 3. The van der Waals surface area contributed by atoms with Gasteiger partial charge >= 0.3 is 5.97 Å². The molecule has 4 nitrogen and oxygen atoms in total. The van der Waals surface area contributed by atoms with Crippen LogP contribution in [0.1, 0.15) is 65.2 Å². The molecule has 4 rings (SSSR count). The number of carbonyl (C=O) groups is 1. The number of hydrogen-bond acceptors (Lipinski definition) is 4. The van der Waals surface area contributed by atoms with Crippen LogP contribution < -0.4 is 0 Å². The standard InChI is InChI=1S/C23H31NO3/c1-4-15-13-21-18-9-7-17(24-26)12-16(18)6-8-19(21)20-10-11-23(5-2,22(15)20)27-14(3)25/h2,12,15,17-22H,4,6-11,13H2,1,3H3/t15-,17?,18+,19+,20+,21-,22?,23+/m1/s1. The fourth-order valence-corrected chi connectivity index (χ4v) is 7.32. The molecule has 0 radical (unpaired) electrons. The molecule has 3 saturated carbocycles. The third kappa shape index (κ3) is 2.94. The molecule has 3 fully saturated rings. The second kappa shape index (κ2) is 7.08. The van der Waals surface area contributed by atoms with Crippen LogP contribution in [-0.4, -0.2) is 17.6 Å². The maximum Gasteiger partial charge on any atom is 0.304 e. The monoisotopic (exact) mass is 369 g/mol. The summed E-state index contributed by atoms with van der Waals surface area (Å²) in [5, 5.41) is 3.29. The Morgan fingerprint density at radius 3 is 2.78 bits per heavy atom. The van der Waals surface area contributed by atoms with E-state index in [0.29, 0.717) is 35.5 Å². The molecule has 8 atom stereocenters. The van der Waals surface area contributed by atoms with E-state index >= 15 is 0 Å². The minimum absolute atomic E-state index is 0.115. The number of terminal acetylenes is 1. The van der Waals surface area contributed by atoms with Crippen molar-refractivity contribution in [2.75, 3.05) is 0 Å². The normalized spacial score (nSPS) is 45.5. The van der Waals surface area contributed by atoms with Gasteiger partial charge in [0.2, 0.25) is 0 Å². The predicted octanol–water partition coefficient (Wildman–Crippen LogP) is 4.88. The van der Waals surface area contributed by atoms with Crippen LogP contribution in [0.5, 0.6) is 0 Å². The molecule has 0 aromatic carbocycles. The molecule has 0 amide bonds. The van der Waals surface area contributed by atoms with Gasteiger partial charge in [-0.1, -0.05) is 36.1 Å². The summed E-state index contributed by atoms with van der Waals surface area (Å²) in [7, 11) is 0. The fraction of sp³-hybridized carbons (Fsp3) is 0.783. The Morgan fingerprint density at radius 2 is 2.11 bits per heavy atom. The van der Waals surface area contributed by atoms with E-state index in [9.17, 15) is 9.70 Å². The first-order chi connectivity index (χ1) is 13.0. The molecule has 4 heteroatoms. The molecule has 27 heavy (non-hydrogen) atoms. The van der Waals surface area contributed by atoms with Crippen molar-refractivity contribution in [3.05, 3.63) is 16.6 Å². The Labute approximate surface area is 162 Å². The zero-order valence-corrected chi connectivity index (χ0v) is 16.5. The Bertz CT molecular complexity index is 692. The third-order valence-electron chi connectivity index (χ3n) is 8.20. The molecule has 2 unspecified atom stereocenters. The number of carbonyl (C=O) groups excluding carboxylic acids is 1. The van der Waals surface area contributed by atoms with Gasteiger partial charge in [-0.15, -0.1) is 6.42 Å². The Balaban J connectivity index is 1.64. The second-order valence-corrected chi connectivity index (χ2v) is 9.22.